The van der Waals surface area contributed by atoms with Crippen LogP contribution in [0, 0.1) is 0 Å². The van der Waals surface area contributed by atoms with E-state index in [1.165, 1.54) is 0 Å². The third-order valence-electron chi connectivity index (χ3n) is 9.22. The third kappa shape index (κ3) is 6.07. The van der Waals surface area contributed by atoms with Gasteiger partial charge >= 0.3 is 0 Å². The highest BCUT2D eigenvalue weighted by atomic mass is 15.3. The van der Waals surface area contributed by atoms with Crippen molar-refractivity contribution in [2.45, 2.75) is 32.9 Å². The van der Waals surface area contributed by atoms with Gasteiger partial charge in [0.2, 0.25) is 23.0 Å². The number of benzene rings is 4. The summed E-state index contributed by atoms with van der Waals surface area (Å²) in [5.41, 5.74) is 10.6. The molecular formula is C45H38N7+. The first kappa shape index (κ1) is 32.6. The summed E-state index contributed by atoms with van der Waals surface area (Å²) >= 11 is 0. The molecule has 7 nitrogen and oxygen atoms in total. The number of anilines is 2. The van der Waals surface area contributed by atoms with E-state index in [0.717, 1.165) is 68.6 Å². The topological polar surface area (TPSA) is 69.6 Å². The van der Waals surface area contributed by atoms with E-state index in [9.17, 15) is 0 Å². The zero-order valence-electron chi connectivity index (χ0n) is 29.3. The van der Waals surface area contributed by atoms with Crippen LogP contribution in [-0.4, -0.2) is 42.7 Å². The maximum atomic E-state index is 5.44. The first-order valence-electron chi connectivity index (χ1n) is 17.6. The molecule has 0 radical (unpaired) electrons. The van der Waals surface area contributed by atoms with Gasteiger partial charge in [0, 0.05) is 17.7 Å². The number of hydrogen-bond donors (Lipinski definition) is 0. The van der Waals surface area contributed by atoms with Gasteiger partial charge < -0.3 is 0 Å². The second-order valence-electron chi connectivity index (χ2n) is 12.7. The fourth-order valence-electron chi connectivity index (χ4n) is 6.77. The second kappa shape index (κ2) is 14.3. The maximum Gasteiger partial charge on any atom is 0.243 e. The van der Waals surface area contributed by atoms with Gasteiger partial charge in [0.15, 0.2) is 17.7 Å². The number of fused-ring (bicyclic) bond motifs is 2. The molecule has 4 heterocycles. The van der Waals surface area contributed by atoms with Crippen LogP contribution in [0.15, 0.2) is 180 Å². The van der Waals surface area contributed by atoms with Crippen LogP contribution in [0.3, 0.4) is 0 Å². The molecule has 1 aromatic heterocycles. The summed E-state index contributed by atoms with van der Waals surface area (Å²) in [4.78, 5) is 28.3. The number of allylic oxidation sites excluding steroid dienone is 7. The Morgan fingerprint density at radius 2 is 1.54 bits per heavy atom. The van der Waals surface area contributed by atoms with Gasteiger partial charge in [-0.2, -0.15) is 9.97 Å². The van der Waals surface area contributed by atoms with Gasteiger partial charge in [0.1, 0.15) is 17.1 Å². The lowest BCUT2D eigenvalue weighted by molar-refractivity contribution is -0.369. The van der Waals surface area contributed by atoms with E-state index in [-0.39, 0.29) is 6.04 Å². The van der Waals surface area contributed by atoms with Crippen molar-refractivity contribution >= 4 is 40.0 Å². The number of para-hydroxylation sites is 2. The zero-order valence-corrected chi connectivity index (χ0v) is 29.3. The SMILES string of the molecule is C=C/C=C1\C(=NCc2ccccc2)C2N=C(c3ccccc3)C=C3C2=[N+]1c1ccccc1N3c1nc(/C(C)=C/C=C\CC)nc(-c2ccccc2)n1. The lowest BCUT2D eigenvalue weighted by atomic mass is 9.96. The van der Waals surface area contributed by atoms with E-state index >= 15 is 0 Å². The van der Waals surface area contributed by atoms with Crippen molar-refractivity contribution < 1.29 is 4.58 Å². The van der Waals surface area contributed by atoms with Crippen LogP contribution < -0.4 is 4.90 Å². The summed E-state index contributed by atoms with van der Waals surface area (Å²) in [5, 5.41) is 0. The molecule has 0 aliphatic carbocycles. The summed E-state index contributed by atoms with van der Waals surface area (Å²) in [7, 11) is 0. The van der Waals surface area contributed by atoms with Crippen molar-refractivity contribution in [2.24, 2.45) is 9.98 Å². The highest BCUT2D eigenvalue weighted by Crippen LogP contribution is 2.46. The fourth-order valence-corrected chi connectivity index (χ4v) is 6.77. The molecule has 52 heavy (non-hydrogen) atoms. The Labute approximate surface area is 304 Å². The van der Waals surface area contributed by atoms with Crippen LogP contribution >= 0.6 is 0 Å². The quantitative estimate of drug-likeness (QED) is 0.115. The molecule has 1 atom stereocenters. The minimum Gasteiger partial charge on any atom is -0.275 e. The van der Waals surface area contributed by atoms with E-state index in [1.807, 2.05) is 85.8 Å². The Kier molecular flexibility index (Phi) is 8.98. The number of aliphatic imine (C=N–C) groups is 2. The van der Waals surface area contributed by atoms with Gasteiger partial charge in [-0.3, -0.25) is 14.9 Å². The summed E-state index contributed by atoms with van der Waals surface area (Å²) in [6, 6.07) is 38.8. The largest absolute Gasteiger partial charge is 0.275 e. The van der Waals surface area contributed by atoms with Crippen molar-refractivity contribution in [3.63, 3.8) is 0 Å². The number of aromatic nitrogens is 3. The molecular weight excluding hydrogens is 639 g/mol. The van der Waals surface area contributed by atoms with Crippen molar-refractivity contribution in [1.29, 1.82) is 0 Å². The number of hydrogen-bond acceptors (Lipinski definition) is 6. The van der Waals surface area contributed by atoms with Crippen molar-refractivity contribution in [3.8, 4) is 11.4 Å². The molecule has 0 saturated heterocycles. The van der Waals surface area contributed by atoms with Crippen LogP contribution in [0.2, 0.25) is 0 Å². The summed E-state index contributed by atoms with van der Waals surface area (Å²) < 4.78 is 2.29. The smallest absolute Gasteiger partial charge is 0.243 e. The minimum atomic E-state index is -0.378. The monoisotopic (exact) mass is 676 g/mol. The first-order chi connectivity index (χ1) is 25.6. The Bertz CT molecular complexity index is 2380. The van der Waals surface area contributed by atoms with E-state index in [0.29, 0.717) is 24.1 Å². The van der Waals surface area contributed by atoms with E-state index in [1.54, 1.807) is 0 Å². The lowest BCUT2D eigenvalue weighted by Gasteiger charge is -2.31. The summed E-state index contributed by atoms with van der Waals surface area (Å²) in [6.45, 7) is 8.80. The molecule has 0 bridgehead atoms. The lowest BCUT2D eigenvalue weighted by Crippen LogP contribution is -2.40. The average Bonchev–Trinajstić information content (AvgIpc) is 3.51. The molecule has 7 heteroatoms. The molecule has 0 spiro atoms. The molecule has 5 aromatic rings. The van der Waals surface area contributed by atoms with Crippen LogP contribution in [0.4, 0.5) is 17.3 Å². The van der Waals surface area contributed by atoms with E-state index in [4.69, 9.17) is 24.9 Å². The molecule has 0 fully saturated rings. The standard InChI is InChI=1S/C45H38N7/c1-4-6-10-20-31(3)43-48-44(34-25-15-9-16-26-34)50-45(49-43)52-37-28-18-17-27-36(37)51-38(19-5-2)40(46-30-32-21-11-7-12-22-32)41-42(51)39(52)29-35(47-41)33-23-13-8-14-24-33/h5-29,41H,2,4,30H2,1,3H3/q+1/b10-6-,31-20+,38-19+,46-40?. The summed E-state index contributed by atoms with van der Waals surface area (Å²) in [5.74, 6) is 1.74. The van der Waals surface area contributed by atoms with Crippen molar-refractivity contribution in [3.05, 3.63) is 187 Å². The Morgan fingerprint density at radius 1 is 0.846 bits per heavy atom. The van der Waals surface area contributed by atoms with E-state index < -0.39 is 0 Å². The Balaban J connectivity index is 1.38. The minimum absolute atomic E-state index is 0.378. The highest BCUT2D eigenvalue weighted by Gasteiger charge is 2.54. The van der Waals surface area contributed by atoms with Gasteiger partial charge in [-0.05, 0) is 42.2 Å². The average molecular weight is 677 g/mol. The Hall–Kier alpha value is -6.60. The van der Waals surface area contributed by atoms with Crippen LogP contribution in [-0.2, 0) is 6.54 Å². The molecule has 4 aromatic carbocycles. The summed E-state index contributed by atoms with van der Waals surface area (Å²) in [6.07, 6.45) is 13.2. The number of rotatable bonds is 9. The molecule has 0 saturated carbocycles. The van der Waals surface area contributed by atoms with Gasteiger partial charge in [0.05, 0.1) is 12.3 Å². The van der Waals surface area contributed by atoms with Crippen molar-refractivity contribution in [1.82, 2.24) is 15.0 Å². The maximum absolute atomic E-state index is 5.44. The van der Waals surface area contributed by atoms with Crippen molar-refractivity contribution in [2.75, 3.05) is 4.90 Å². The molecule has 3 aliphatic rings. The van der Waals surface area contributed by atoms with Crippen LogP contribution in [0.25, 0.3) is 17.0 Å². The molecule has 8 rings (SSSR count). The van der Waals surface area contributed by atoms with Crippen LogP contribution in [0.1, 0.15) is 37.2 Å². The van der Waals surface area contributed by atoms with Gasteiger partial charge in [-0.1, -0.05) is 141 Å². The van der Waals surface area contributed by atoms with Crippen LogP contribution in [0.5, 0.6) is 0 Å². The van der Waals surface area contributed by atoms with E-state index in [2.05, 4.69) is 95.8 Å². The van der Waals surface area contributed by atoms with Gasteiger partial charge in [-0.25, -0.2) is 4.98 Å². The molecule has 3 aliphatic heterocycles. The number of nitrogens with zero attached hydrogens (tertiary/aromatic N) is 7. The zero-order chi connectivity index (χ0) is 35.4. The predicted octanol–water partition coefficient (Wildman–Crippen LogP) is 9.62. The predicted molar refractivity (Wildman–Crippen MR) is 213 cm³/mol. The normalized spacial score (nSPS) is 18.1. The second-order valence-corrected chi connectivity index (χ2v) is 12.7. The molecule has 1 unspecified atom stereocenters. The van der Waals surface area contributed by atoms with Gasteiger partial charge in [-0.15, -0.1) is 4.58 Å². The highest BCUT2D eigenvalue weighted by molar-refractivity contribution is 6.32. The molecule has 252 valence electrons. The Morgan fingerprint density at radius 3 is 2.27 bits per heavy atom. The molecule has 0 amide bonds. The van der Waals surface area contributed by atoms with Gasteiger partial charge in [0.25, 0.3) is 0 Å². The fraction of sp³-hybridized carbons (Fsp3) is 0.111. The first-order valence-corrected chi connectivity index (χ1v) is 17.6. The molecule has 0 N–H and O–H groups in total. The third-order valence-corrected chi connectivity index (χ3v) is 9.22. The number of dihydropyridines is 1.